The highest BCUT2D eigenvalue weighted by Gasteiger charge is 2.38. The van der Waals surface area contributed by atoms with E-state index in [0.717, 1.165) is 31.3 Å². The number of thiophene rings is 1. The number of amides is 2. The van der Waals surface area contributed by atoms with Gasteiger partial charge in [-0.25, -0.2) is 9.79 Å². The van der Waals surface area contributed by atoms with Gasteiger partial charge in [0.15, 0.2) is 0 Å². The summed E-state index contributed by atoms with van der Waals surface area (Å²) in [4.78, 5) is 31.4. The summed E-state index contributed by atoms with van der Waals surface area (Å²) >= 11 is 1.71. The van der Waals surface area contributed by atoms with Gasteiger partial charge in [0.2, 0.25) is 11.9 Å². The van der Waals surface area contributed by atoms with Crippen molar-refractivity contribution < 1.29 is 19.1 Å². The van der Waals surface area contributed by atoms with Gasteiger partial charge in [-0.05, 0) is 63.6 Å². The van der Waals surface area contributed by atoms with Crippen molar-refractivity contribution in [2.24, 2.45) is 4.99 Å². The average molecular weight is 492 g/mol. The molecule has 0 saturated carbocycles. The average Bonchev–Trinajstić information content (AvgIpc) is 3.13. The molecule has 1 aliphatic heterocycles. The van der Waals surface area contributed by atoms with Gasteiger partial charge in [-0.3, -0.25) is 15.0 Å². The largest absolute Gasteiger partial charge is 0.444 e. The molecule has 2 heterocycles. The maximum atomic E-state index is 12.9. The predicted molar refractivity (Wildman–Crippen MR) is 140 cm³/mol. The zero-order valence-corrected chi connectivity index (χ0v) is 21.6. The first-order chi connectivity index (χ1) is 16.5. The second-order valence-corrected chi connectivity index (χ2v) is 10.8. The van der Waals surface area contributed by atoms with Crippen molar-refractivity contribution in [1.29, 1.82) is 0 Å². The Balaban J connectivity index is 1.74. The molecule has 0 aliphatic carbocycles. The maximum absolute atomic E-state index is 12.9. The summed E-state index contributed by atoms with van der Waals surface area (Å²) in [5.74, 6) is 6.16. The lowest BCUT2D eigenvalue weighted by molar-refractivity contribution is -0.128. The van der Waals surface area contributed by atoms with E-state index in [0.29, 0.717) is 6.61 Å². The lowest BCUT2D eigenvalue weighted by Gasteiger charge is -2.35. The van der Waals surface area contributed by atoms with E-state index in [1.807, 2.05) is 19.1 Å². The summed E-state index contributed by atoms with van der Waals surface area (Å²) < 4.78 is 12.7. The summed E-state index contributed by atoms with van der Waals surface area (Å²) in [6.07, 6.45) is -0.467. The van der Waals surface area contributed by atoms with Crippen LogP contribution in [0.1, 0.15) is 45.2 Å². The molecular weight excluding hydrogens is 462 g/mol. The van der Waals surface area contributed by atoms with Crippen LogP contribution in [0.3, 0.4) is 0 Å². The van der Waals surface area contributed by atoms with Crippen LogP contribution >= 0.6 is 11.3 Å². The Morgan fingerprint density at radius 2 is 1.89 bits per heavy atom. The third kappa shape index (κ3) is 5.31. The van der Waals surface area contributed by atoms with Gasteiger partial charge in [-0.2, -0.15) is 0 Å². The van der Waals surface area contributed by atoms with Crippen molar-refractivity contribution in [3.63, 3.8) is 0 Å². The minimum Gasteiger partial charge on any atom is -0.444 e. The predicted octanol–water partition coefficient (Wildman–Crippen LogP) is 5.01. The van der Waals surface area contributed by atoms with Crippen LogP contribution in [0.25, 0.3) is 20.2 Å². The van der Waals surface area contributed by atoms with Crippen LogP contribution in [0, 0.1) is 11.8 Å². The minimum absolute atomic E-state index is 0.139. The van der Waals surface area contributed by atoms with Crippen molar-refractivity contribution in [3.8, 4) is 11.8 Å². The van der Waals surface area contributed by atoms with E-state index < -0.39 is 17.2 Å². The number of hydrogen-bond donors (Lipinski definition) is 1. The van der Waals surface area contributed by atoms with Crippen LogP contribution in [-0.2, 0) is 19.8 Å². The molecule has 0 spiro atoms. The van der Waals surface area contributed by atoms with Gasteiger partial charge in [0.05, 0.1) is 12.0 Å². The van der Waals surface area contributed by atoms with E-state index in [2.05, 4.69) is 41.4 Å². The van der Waals surface area contributed by atoms with Crippen molar-refractivity contribution in [2.45, 2.75) is 45.3 Å². The van der Waals surface area contributed by atoms with E-state index in [-0.39, 0.29) is 18.3 Å². The van der Waals surface area contributed by atoms with Crippen LogP contribution in [0.2, 0.25) is 0 Å². The number of nitrogens with zero attached hydrogens (tertiary/aromatic N) is 2. The zero-order valence-electron chi connectivity index (χ0n) is 20.8. The molecule has 1 N–H and O–H groups in total. The number of hydrogen-bond acceptors (Lipinski definition) is 6. The number of carbonyl (C=O) groups is 2. The minimum atomic E-state index is -0.841. The van der Waals surface area contributed by atoms with Crippen LogP contribution in [0.15, 0.2) is 41.4 Å². The SMILES string of the molecule is COCC#Cc1ccc2sc3ccc([C@]4(C)CC(=O)N(C)C(NC(=O)OC(C)(C)C)=N4)cc3c2c1. The molecule has 8 heteroatoms. The van der Waals surface area contributed by atoms with Gasteiger partial charge in [0.25, 0.3) is 0 Å². The molecule has 1 aromatic heterocycles. The molecular formula is C27H29N3O4S. The van der Waals surface area contributed by atoms with Gasteiger partial charge in [-0.15, -0.1) is 11.3 Å². The van der Waals surface area contributed by atoms with Crippen molar-refractivity contribution in [3.05, 3.63) is 47.5 Å². The highest BCUT2D eigenvalue weighted by molar-refractivity contribution is 7.25. The van der Waals surface area contributed by atoms with Crippen LogP contribution in [-0.4, -0.2) is 49.2 Å². The second kappa shape index (κ2) is 9.33. The summed E-state index contributed by atoms with van der Waals surface area (Å²) in [5, 5.41) is 4.84. The summed E-state index contributed by atoms with van der Waals surface area (Å²) in [6, 6.07) is 12.3. The molecule has 7 nitrogen and oxygen atoms in total. The Morgan fingerprint density at radius 3 is 2.57 bits per heavy atom. The highest BCUT2D eigenvalue weighted by Crippen LogP contribution is 2.39. The van der Waals surface area contributed by atoms with Crippen LogP contribution < -0.4 is 5.32 Å². The number of methoxy groups -OCH3 is 1. The lowest BCUT2D eigenvalue weighted by Crippen LogP contribution is -2.52. The first kappa shape index (κ1) is 24.7. The van der Waals surface area contributed by atoms with Crippen molar-refractivity contribution >= 4 is 49.5 Å². The van der Waals surface area contributed by atoms with Gasteiger partial charge < -0.3 is 9.47 Å². The summed E-state index contributed by atoms with van der Waals surface area (Å²) in [5.41, 5.74) is 0.308. The number of aliphatic imine (C=N–C) groups is 1. The van der Waals surface area contributed by atoms with E-state index in [4.69, 9.17) is 14.5 Å². The van der Waals surface area contributed by atoms with Gasteiger partial charge in [0, 0.05) is 39.9 Å². The van der Waals surface area contributed by atoms with E-state index >= 15 is 0 Å². The zero-order chi connectivity index (χ0) is 25.4. The molecule has 0 saturated heterocycles. The fourth-order valence-corrected chi connectivity index (χ4v) is 5.02. The Bertz CT molecular complexity index is 1410. The summed E-state index contributed by atoms with van der Waals surface area (Å²) in [6.45, 7) is 7.63. The van der Waals surface area contributed by atoms with Crippen molar-refractivity contribution in [1.82, 2.24) is 10.2 Å². The topological polar surface area (TPSA) is 80.2 Å². The molecule has 4 rings (SSSR count). The Morgan fingerprint density at radius 1 is 1.20 bits per heavy atom. The molecule has 35 heavy (non-hydrogen) atoms. The first-order valence-electron chi connectivity index (χ1n) is 11.3. The molecule has 2 amide bonds. The highest BCUT2D eigenvalue weighted by atomic mass is 32.1. The molecule has 3 aromatic rings. The molecule has 2 aromatic carbocycles. The van der Waals surface area contributed by atoms with Gasteiger partial charge >= 0.3 is 6.09 Å². The molecule has 0 bridgehead atoms. The normalized spacial score (nSPS) is 18.3. The molecule has 1 atom stereocenters. The monoisotopic (exact) mass is 491 g/mol. The molecule has 1 aliphatic rings. The summed E-state index contributed by atoms with van der Waals surface area (Å²) in [7, 11) is 3.22. The number of guanidine groups is 1. The van der Waals surface area contributed by atoms with Gasteiger partial charge in [-0.1, -0.05) is 17.9 Å². The van der Waals surface area contributed by atoms with E-state index in [1.165, 1.54) is 4.90 Å². The second-order valence-electron chi connectivity index (χ2n) is 9.72. The van der Waals surface area contributed by atoms with Crippen LogP contribution in [0.5, 0.6) is 0 Å². The molecule has 182 valence electrons. The standard InChI is InChI=1S/C27H29N3O4S/c1-26(2,3)34-25(32)28-24-29-27(4,16-23(31)30(24)5)18-10-12-22-20(15-18)19-14-17(8-7-13-33-6)9-11-21(19)35-22/h9-12,14-15H,13,16H2,1-6H3,(H,28,29,32)/t27-/m0/s1. The Kier molecular flexibility index (Phi) is 6.58. The number of carbonyl (C=O) groups excluding carboxylic acids is 2. The number of ether oxygens (including phenoxy) is 2. The maximum Gasteiger partial charge on any atom is 0.414 e. The fourth-order valence-electron chi connectivity index (χ4n) is 3.95. The number of benzene rings is 2. The molecule has 0 radical (unpaired) electrons. The van der Waals surface area contributed by atoms with E-state index in [1.54, 1.807) is 46.3 Å². The first-order valence-corrected chi connectivity index (χ1v) is 12.1. The van der Waals surface area contributed by atoms with Crippen LogP contribution in [0.4, 0.5) is 4.79 Å². The van der Waals surface area contributed by atoms with Gasteiger partial charge in [0.1, 0.15) is 12.2 Å². The smallest absolute Gasteiger partial charge is 0.414 e. The Hall–Kier alpha value is -3.41. The molecule has 0 unspecified atom stereocenters. The quantitative estimate of drug-likeness (QED) is 0.511. The van der Waals surface area contributed by atoms with E-state index in [9.17, 15) is 9.59 Å². The number of nitrogens with one attached hydrogen (secondary N) is 1. The Labute approximate surface area is 209 Å². The number of fused-ring (bicyclic) bond motifs is 3. The fraction of sp³-hybridized carbons (Fsp3) is 0.370. The van der Waals surface area contributed by atoms with Crippen molar-refractivity contribution in [2.75, 3.05) is 20.8 Å². The lowest BCUT2D eigenvalue weighted by atomic mass is 9.87. The number of alkyl carbamates (subject to hydrolysis) is 1. The molecule has 0 fully saturated rings. The number of rotatable bonds is 2. The third-order valence-corrected chi connectivity index (χ3v) is 6.84. The third-order valence-electron chi connectivity index (χ3n) is 5.69.